The molecule has 5 nitrogen and oxygen atoms in total. The van der Waals surface area contributed by atoms with E-state index >= 15 is 0 Å². The highest BCUT2D eigenvalue weighted by Crippen LogP contribution is 2.33. The van der Waals surface area contributed by atoms with E-state index < -0.39 is 0 Å². The lowest BCUT2D eigenvalue weighted by Gasteiger charge is -2.24. The number of aryl methyl sites for hydroxylation is 1. The maximum absolute atomic E-state index is 12.1. The van der Waals surface area contributed by atoms with Crippen LogP contribution in [0.4, 0.5) is 0 Å². The van der Waals surface area contributed by atoms with Gasteiger partial charge in [-0.15, -0.1) is 0 Å². The Morgan fingerprint density at radius 3 is 3.11 bits per heavy atom. The average Bonchev–Trinajstić information content (AvgIpc) is 3.01. The van der Waals surface area contributed by atoms with Gasteiger partial charge in [0.15, 0.2) is 0 Å². The number of rotatable bonds is 3. The maximum Gasteiger partial charge on any atom is 0.237 e. The number of nitrogens with one attached hydrogen (secondary N) is 2. The molecular formula is C14H21N3O2. The van der Waals surface area contributed by atoms with E-state index in [4.69, 9.17) is 4.52 Å². The van der Waals surface area contributed by atoms with Crippen LogP contribution >= 0.6 is 0 Å². The van der Waals surface area contributed by atoms with E-state index in [0.717, 1.165) is 17.9 Å². The first kappa shape index (κ1) is 12.7. The molecule has 1 aromatic rings. The Bertz CT molecular complexity index is 443. The Hall–Kier alpha value is -1.36. The number of hydrogen-bond acceptors (Lipinski definition) is 4. The van der Waals surface area contributed by atoms with Gasteiger partial charge in [0.1, 0.15) is 11.5 Å². The van der Waals surface area contributed by atoms with Gasteiger partial charge in [-0.3, -0.25) is 4.79 Å². The molecule has 5 heteroatoms. The molecule has 1 saturated heterocycles. The van der Waals surface area contributed by atoms with Gasteiger partial charge in [0.05, 0.1) is 12.6 Å². The molecule has 3 atom stereocenters. The van der Waals surface area contributed by atoms with E-state index in [0.29, 0.717) is 18.5 Å². The van der Waals surface area contributed by atoms with Crippen molar-refractivity contribution in [1.82, 2.24) is 15.8 Å². The van der Waals surface area contributed by atoms with Gasteiger partial charge in [-0.1, -0.05) is 18.0 Å². The lowest BCUT2D eigenvalue weighted by Crippen LogP contribution is -2.42. The first-order chi connectivity index (χ1) is 9.22. The highest BCUT2D eigenvalue weighted by Gasteiger charge is 2.37. The van der Waals surface area contributed by atoms with Crippen molar-refractivity contribution in [3.63, 3.8) is 0 Å². The van der Waals surface area contributed by atoms with Crippen molar-refractivity contribution in [2.45, 2.75) is 57.7 Å². The fourth-order valence-corrected chi connectivity index (χ4v) is 3.32. The summed E-state index contributed by atoms with van der Waals surface area (Å²) in [6.07, 6.45) is 6.07. The number of hydrogen-bond donors (Lipinski definition) is 2. The molecule has 2 N–H and O–H groups in total. The standard InChI is InChI=1S/C14H21N3O2/c1-9-6-11(17-19-9)8-15-14(18)13-7-10-4-2-3-5-12(10)16-13/h6,10,12-13,16H,2-5,7-8H2,1H3,(H,15,18). The van der Waals surface area contributed by atoms with Crippen molar-refractivity contribution < 1.29 is 9.32 Å². The molecule has 3 rings (SSSR count). The van der Waals surface area contributed by atoms with Crippen LogP contribution in [0.2, 0.25) is 0 Å². The average molecular weight is 263 g/mol. The van der Waals surface area contributed by atoms with E-state index in [9.17, 15) is 4.79 Å². The fraction of sp³-hybridized carbons (Fsp3) is 0.714. The number of carbonyl (C=O) groups excluding carboxylic acids is 1. The van der Waals surface area contributed by atoms with Crippen molar-refractivity contribution in [2.24, 2.45) is 5.92 Å². The van der Waals surface area contributed by atoms with Gasteiger partial charge < -0.3 is 15.2 Å². The Morgan fingerprint density at radius 2 is 2.37 bits per heavy atom. The first-order valence-electron chi connectivity index (χ1n) is 7.18. The van der Waals surface area contributed by atoms with Crippen LogP contribution in [-0.4, -0.2) is 23.1 Å². The van der Waals surface area contributed by atoms with Crippen LogP contribution in [0.1, 0.15) is 43.6 Å². The quantitative estimate of drug-likeness (QED) is 0.867. The molecule has 1 saturated carbocycles. The molecule has 0 radical (unpaired) electrons. The molecule has 2 fully saturated rings. The van der Waals surface area contributed by atoms with E-state index in [1.165, 1.54) is 25.7 Å². The second-order valence-electron chi connectivity index (χ2n) is 5.75. The highest BCUT2D eigenvalue weighted by molar-refractivity contribution is 5.82. The van der Waals surface area contributed by atoms with E-state index in [1.54, 1.807) is 0 Å². The van der Waals surface area contributed by atoms with Crippen molar-refractivity contribution in [3.05, 3.63) is 17.5 Å². The summed E-state index contributed by atoms with van der Waals surface area (Å²) in [5, 5.41) is 10.3. The summed E-state index contributed by atoms with van der Waals surface area (Å²) in [6.45, 7) is 2.30. The molecule has 0 spiro atoms. The lowest BCUT2D eigenvalue weighted by atomic mass is 9.85. The molecule has 0 bridgehead atoms. The van der Waals surface area contributed by atoms with E-state index in [-0.39, 0.29) is 11.9 Å². The summed E-state index contributed by atoms with van der Waals surface area (Å²) in [4.78, 5) is 12.1. The van der Waals surface area contributed by atoms with E-state index in [1.807, 2.05) is 13.0 Å². The number of fused-ring (bicyclic) bond motifs is 1. The van der Waals surface area contributed by atoms with Gasteiger partial charge in [-0.2, -0.15) is 0 Å². The highest BCUT2D eigenvalue weighted by atomic mass is 16.5. The van der Waals surface area contributed by atoms with E-state index in [2.05, 4.69) is 15.8 Å². The molecule has 2 heterocycles. The molecule has 1 amide bonds. The Labute approximate surface area is 113 Å². The number of aromatic nitrogens is 1. The predicted molar refractivity (Wildman–Crippen MR) is 70.4 cm³/mol. The molecule has 1 aromatic heterocycles. The zero-order chi connectivity index (χ0) is 13.2. The molecular weight excluding hydrogens is 242 g/mol. The molecule has 3 unspecified atom stereocenters. The largest absolute Gasteiger partial charge is 0.361 e. The minimum Gasteiger partial charge on any atom is -0.361 e. The maximum atomic E-state index is 12.1. The second-order valence-corrected chi connectivity index (χ2v) is 5.75. The number of carbonyl (C=O) groups is 1. The fourth-order valence-electron chi connectivity index (χ4n) is 3.32. The van der Waals surface area contributed by atoms with Crippen molar-refractivity contribution in [3.8, 4) is 0 Å². The normalized spacial score (nSPS) is 30.1. The SMILES string of the molecule is Cc1cc(CNC(=O)C2CC3CCCCC3N2)no1. The van der Waals surface area contributed by atoms with Gasteiger partial charge in [0.2, 0.25) is 5.91 Å². The lowest BCUT2D eigenvalue weighted by molar-refractivity contribution is -0.123. The molecule has 0 aromatic carbocycles. The van der Waals surface area contributed by atoms with Crippen molar-refractivity contribution >= 4 is 5.91 Å². The van der Waals surface area contributed by atoms with Crippen LogP contribution in [0.15, 0.2) is 10.6 Å². The van der Waals surface area contributed by atoms with Crippen LogP contribution in [0.3, 0.4) is 0 Å². The van der Waals surface area contributed by atoms with Crippen molar-refractivity contribution in [2.75, 3.05) is 0 Å². The summed E-state index contributed by atoms with van der Waals surface area (Å²) >= 11 is 0. The zero-order valence-electron chi connectivity index (χ0n) is 11.3. The molecule has 1 aliphatic carbocycles. The van der Waals surface area contributed by atoms with Gasteiger partial charge in [0.25, 0.3) is 0 Å². The molecule has 1 aliphatic heterocycles. The van der Waals surface area contributed by atoms with Crippen LogP contribution in [-0.2, 0) is 11.3 Å². The smallest absolute Gasteiger partial charge is 0.237 e. The summed E-state index contributed by atoms with van der Waals surface area (Å²) in [5.41, 5.74) is 0.779. The Morgan fingerprint density at radius 1 is 1.53 bits per heavy atom. The molecule has 104 valence electrons. The number of amides is 1. The van der Waals surface area contributed by atoms with Gasteiger partial charge in [-0.25, -0.2) is 0 Å². The van der Waals surface area contributed by atoms with Crippen molar-refractivity contribution in [1.29, 1.82) is 0 Å². The summed E-state index contributed by atoms with van der Waals surface area (Å²) < 4.78 is 4.98. The second kappa shape index (κ2) is 5.33. The predicted octanol–water partition coefficient (Wildman–Crippen LogP) is 1.52. The van der Waals surface area contributed by atoms with Crippen LogP contribution < -0.4 is 10.6 Å². The third kappa shape index (κ3) is 2.81. The van der Waals surface area contributed by atoms with Crippen LogP contribution in [0.5, 0.6) is 0 Å². The summed E-state index contributed by atoms with van der Waals surface area (Å²) in [5.74, 6) is 1.56. The Balaban J connectivity index is 1.51. The van der Waals surface area contributed by atoms with Crippen LogP contribution in [0.25, 0.3) is 0 Å². The summed E-state index contributed by atoms with van der Waals surface area (Å²) in [7, 11) is 0. The first-order valence-corrected chi connectivity index (χ1v) is 7.18. The Kier molecular flexibility index (Phi) is 3.55. The monoisotopic (exact) mass is 263 g/mol. The third-order valence-corrected chi connectivity index (χ3v) is 4.30. The molecule has 2 aliphatic rings. The topological polar surface area (TPSA) is 67.2 Å². The van der Waals surface area contributed by atoms with Gasteiger partial charge in [-0.05, 0) is 32.1 Å². The third-order valence-electron chi connectivity index (χ3n) is 4.30. The zero-order valence-corrected chi connectivity index (χ0v) is 11.3. The molecule has 19 heavy (non-hydrogen) atoms. The minimum atomic E-state index is -0.0268. The van der Waals surface area contributed by atoms with Crippen LogP contribution in [0, 0.1) is 12.8 Å². The summed E-state index contributed by atoms with van der Waals surface area (Å²) in [6, 6.07) is 2.38. The minimum absolute atomic E-state index is 0.0268. The van der Waals surface area contributed by atoms with Gasteiger partial charge >= 0.3 is 0 Å². The number of nitrogens with zero attached hydrogens (tertiary/aromatic N) is 1. The van der Waals surface area contributed by atoms with Gasteiger partial charge in [0, 0.05) is 12.1 Å².